The quantitative estimate of drug-likeness (QED) is 0.498. The van der Waals surface area contributed by atoms with Gasteiger partial charge in [0.05, 0.1) is 0 Å². The third-order valence-electron chi connectivity index (χ3n) is 5.29. The van der Waals surface area contributed by atoms with Crippen LogP contribution >= 0.6 is 0 Å². The first-order chi connectivity index (χ1) is 15.2. The molecule has 1 atom stereocenters. The van der Waals surface area contributed by atoms with Gasteiger partial charge in [-0.1, -0.05) is 36.4 Å². The molecule has 2 aromatic carbocycles. The molecule has 158 valence electrons. The number of pyridine rings is 1. The van der Waals surface area contributed by atoms with Gasteiger partial charge in [0, 0.05) is 55.7 Å². The van der Waals surface area contributed by atoms with E-state index in [1.165, 1.54) is 11.1 Å². The van der Waals surface area contributed by atoms with Gasteiger partial charge >= 0.3 is 6.03 Å². The van der Waals surface area contributed by atoms with Crippen LogP contribution in [0.15, 0.2) is 73.1 Å². The highest BCUT2D eigenvalue weighted by Crippen LogP contribution is 2.22. The van der Waals surface area contributed by atoms with Crippen molar-refractivity contribution in [3.63, 3.8) is 0 Å². The maximum absolute atomic E-state index is 12.3. The molecule has 1 aliphatic heterocycles. The summed E-state index contributed by atoms with van der Waals surface area (Å²) in [4.78, 5) is 28.5. The number of carbonyl (C=O) groups excluding carboxylic acids is 2. The van der Waals surface area contributed by atoms with Crippen LogP contribution < -0.4 is 21.3 Å². The lowest BCUT2D eigenvalue weighted by atomic mass is 9.91. The third kappa shape index (κ3) is 5.46. The van der Waals surface area contributed by atoms with Crippen molar-refractivity contribution in [2.75, 3.05) is 18.4 Å². The number of hydrogen-bond acceptors (Lipinski definition) is 4. The van der Waals surface area contributed by atoms with Crippen molar-refractivity contribution in [2.24, 2.45) is 0 Å². The average molecular weight is 415 g/mol. The topological polar surface area (TPSA) is 95.2 Å². The number of aromatic nitrogens is 1. The van der Waals surface area contributed by atoms with Crippen LogP contribution in [0.1, 0.15) is 33.0 Å². The first-order valence-electron chi connectivity index (χ1n) is 10.3. The molecule has 0 bridgehead atoms. The lowest BCUT2D eigenvalue weighted by Crippen LogP contribution is -2.40. The molecule has 0 aliphatic carbocycles. The number of anilines is 1. The number of carbonyl (C=O) groups is 2. The van der Waals surface area contributed by atoms with Crippen LogP contribution in [0.5, 0.6) is 0 Å². The van der Waals surface area contributed by atoms with E-state index in [0.717, 1.165) is 18.7 Å². The Morgan fingerprint density at radius 2 is 1.84 bits per heavy atom. The number of urea groups is 1. The summed E-state index contributed by atoms with van der Waals surface area (Å²) in [6, 6.07) is 18.9. The van der Waals surface area contributed by atoms with Gasteiger partial charge in [-0.15, -0.1) is 0 Å². The Balaban J connectivity index is 1.27. The van der Waals surface area contributed by atoms with Crippen LogP contribution in [0.4, 0.5) is 10.5 Å². The number of amides is 3. The van der Waals surface area contributed by atoms with E-state index in [9.17, 15) is 9.59 Å². The molecule has 2 heterocycles. The highest BCUT2D eigenvalue weighted by atomic mass is 16.2. The second-order valence-electron chi connectivity index (χ2n) is 7.48. The molecule has 7 nitrogen and oxygen atoms in total. The summed E-state index contributed by atoms with van der Waals surface area (Å²) in [7, 11) is 0. The van der Waals surface area contributed by atoms with E-state index in [2.05, 4.69) is 38.4 Å². The molecule has 1 unspecified atom stereocenters. The predicted molar refractivity (Wildman–Crippen MR) is 120 cm³/mol. The first-order valence-corrected chi connectivity index (χ1v) is 10.3. The Morgan fingerprint density at radius 1 is 1.00 bits per heavy atom. The van der Waals surface area contributed by atoms with Gasteiger partial charge in [0.2, 0.25) is 0 Å². The summed E-state index contributed by atoms with van der Waals surface area (Å²) in [6.07, 6.45) is 3.16. The molecule has 7 heteroatoms. The van der Waals surface area contributed by atoms with Crippen molar-refractivity contribution in [3.05, 3.63) is 95.3 Å². The van der Waals surface area contributed by atoms with Crippen molar-refractivity contribution >= 4 is 17.6 Å². The molecule has 0 fully saturated rings. The lowest BCUT2D eigenvalue weighted by molar-refractivity contribution is 0.102. The summed E-state index contributed by atoms with van der Waals surface area (Å²) in [6.45, 7) is 2.64. The van der Waals surface area contributed by atoms with Crippen LogP contribution in [0.25, 0.3) is 0 Å². The van der Waals surface area contributed by atoms with Gasteiger partial charge < -0.3 is 21.3 Å². The van der Waals surface area contributed by atoms with Gasteiger partial charge in [-0.3, -0.25) is 9.78 Å². The molecule has 3 amide bonds. The molecule has 1 aromatic heterocycles. The van der Waals surface area contributed by atoms with Gasteiger partial charge in [-0.05, 0) is 41.0 Å². The molecule has 0 saturated carbocycles. The molecule has 3 aromatic rings. The minimum absolute atomic E-state index is 0.202. The number of nitrogens with one attached hydrogen (secondary N) is 4. The van der Waals surface area contributed by atoms with Gasteiger partial charge in [-0.25, -0.2) is 4.79 Å². The summed E-state index contributed by atoms with van der Waals surface area (Å²) in [5.41, 5.74) is 4.68. The Labute approximate surface area is 181 Å². The number of fused-ring (bicyclic) bond motifs is 1. The molecule has 4 N–H and O–H groups in total. The van der Waals surface area contributed by atoms with Gasteiger partial charge in [0.15, 0.2) is 0 Å². The van der Waals surface area contributed by atoms with Crippen LogP contribution in [-0.4, -0.2) is 30.0 Å². The number of rotatable bonds is 6. The molecule has 0 spiro atoms. The van der Waals surface area contributed by atoms with Gasteiger partial charge in [0.25, 0.3) is 5.91 Å². The minimum atomic E-state index is -0.214. The minimum Gasteiger partial charge on any atom is -0.337 e. The van der Waals surface area contributed by atoms with E-state index in [1.807, 2.05) is 36.4 Å². The van der Waals surface area contributed by atoms with Crippen LogP contribution in [0.2, 0.25) is 0 Å². The number of hydrogen-bond donors (Lipinski definition) is 4. The molecule has 1 aliphatic rings. The molecule has 4 rings (SSSR count). The highest BCUT2D eigenvalue weighted by molar-refractivity contribution is 6.04. The molecular formula is C24H25N5O2. The van der Waals surface area contributed by atoms with Crippen molar-refractivity contribution in [1.82, 2.24) is 20.9 Å². The average Bonchev–Trinajstić information content (AvgIpc) is 2.82. The van der Waals surface area contributed by atoms with Crippen LogP contribution in [0, 0.1) is 0 Å². The summed E-state index contributed by atoms with van der Waals surface area (Å²) in [5, 5.41) is 12.1. The van der Waals surface area contributed by atoms with Crippen LogP contribution in [-0.2, 0) is 13.1 Å². The fraction of sp³-hybridized carbons (Fsp3) is 0.208. The fourth-order valence-electron chi connectivity index (χ4n) is 3.69. The Morgan fingerprint density at radius 3 is 2.71 bits per heavy atom. The predicted octanol–water partition coefficient (Wildman–Crippen LogP) is 3.02. The highest BCUT2D eigenvalue weighted by Gasteiger charge is 2.19. The second-order valence-corrected chi connectivity index (χ2v) is 7.48. The largest absolute Gasteiger partial charge is 0.337 e. The standard InChI is InChI=1S/C24H25N5O2/c30-23(18-8-10-25-11-9-18)29-21-6-3-4-17(12-21)13-27-24(31)28-16-20-15-26-14-19-5-1-2-7-22(19)20/h1-12,20,26H,13-16H2,(H,29,30)(H2,27,28,31). The SMILES string of the molecule is O=C(NCc1cccc(NC(=O)c2ccncc2)c1)NCC1CNCc2ccccc21. The van der Waals surface area contributed by atoms with E-state index in [4.69, 9.17) is 0 Å². The number of benzene rings is 2. The smallest absolute Gasteiger partial charge is 0.315 e. The molecular weight excluding hydrogens is 390 g/mol. The Kier molecular flexibility index (Phi) is 6.54. The number of nitrogens with zero attached hydrogens (tertiary/aromatic N) is 1. The Bertz CT molecular complexity index is 1050. The Hall–Kier alpha value is -3.71. The van der Waals surface area contributed by atoms with Crippen molar-refractivity contribution in [2.45, 2.75) is 19.0 Å². The summed E-state index contributed by atoms with van der Waals surface area (Å²) < 4.78 is 0. The van der Waals surface area contributed by atoms with Crippen molar-refractivity contribution in [1.29, 1.82) is 0 Å². The maximum atomic E-state index is 12.3. The summed E-state index contributed by atoms with van der Waals surface area (Å²) in [5.74, 6) is 0.0500. The van der Waals surface area contributed by atoms with Crippen LogP contribution in [0.3, 0.4) is 0 Å². The van der Waals surface area contributed by atoms with E-state index in [1.54, 1.807) is 24.5 Å². The maximum Gasteiger partial charge on any atom is 0.315 e. The first kappa shape index (κ1) is 20.6. The molecule has 0 radical (unpaired) electrons. The van der Waals surface area contributed by atoms with Crippen molar-refractivity contribution < 1.29 is 9.59 Å². The second kappa shape index (κ2) is 9.86. The van der Waals surface area contributed by atoms with Gasteiger partial charge in [-0.2, -0.15) is 0 Å². The molecule has 31 heavy (non-hydrogen) atoms. The zero-order valence-corrected chi connectivity index (χ0v) is 17.1. The van der Waals surface area contributed by atoms with E-state index >= 15 is 0 Å². The van der Waals surface area contributed by atoms with Gasteiger partial charge in [0.1, 0.15) is 0 Å². The van der Waals surface area contributed by atoms with E-state index < -0.39 is 0 Å². The zero-order chi connectivity index (χ0) is 21.5. The van der Waals surface area contributed by atoms with Crippen molar-refractivity contribution in [3.8, 4) is 0 Å². The fourth-order valence-corrected chi connectivity index (χ4v) is 3.69. The summed E-state index contributed by atoms with van der Waals surface area (Å²) >= 11 is 0. The van der Waals surface area contributed by atoms with E-state index in [0.29, 0.717) is 24.3 Å². The monoisotopic (exact) mass is 415 g/mol. The molecule has 0 saturated heterocycles. The van der Waals surface area contributed by atoms with E-state index in [-0.39, 0.29) is 17.9 Å². The third-order valence-corrected chi connectivity index (χ3v) is 5.29. The lowest BCUT2D eigenvalue weighted by Gasteiger charge is -2.26. The normalized spacial score (nSPS) is 14.9. The zero-order valence-electron chi connectivity index (χ0n) is 17.1.